The van der Waals surface area contributed by atoms with Gasteiger partial charge in [-0.05, 0) is 91.3 Å². The van der Waals surface area contributed by atoms with Crippen LogP contribution in [0.3, 0.4) is 0 Å². The molecule has 1 unspecified atom stereocenters. The molecule has 0 radical (unpaired) electrons. The van der Waals surface area contributed by atoms with Gasteiger partial charge in [-0.25, -0.2) is 0 Å². The number of rotatable bonds is 6. The van der Waals surface area contributed by atoms with Crippen molar-refractivity contribution in [3.63, 3.8) is 0 Å². The van der Waals surface area contributed by atoms with Crippen LogP contribution in [0.2, 0.25) is 5.02 Å². The molecule has 164 valence electrons. The van der Waals surface area contributed by atoms with E-state index in [0.29, 0.717) is 16.3 Å². The van der Waals surface area contributed by atoms with Gasteiger partial charge >= 0.3 is 0 Å². The fourth-order valence-corrected chi connectivity index (χ4v) is 5.56. The van der Waals surface area contributed by atoms with E-state index < -0.39 is 0 Å². The van der Waals surface area contributed by atoms with E-state index in [2.05, 4.69) is 36.2 Å². The highest BCUT2D eigenvalue weighted by molar-refractivity contribution is 6.32. The quantitative estimate of drug-likeness (QED) is 0.526. The number of hydrogen-bond acceptors (Lipinski definition) is 3. The molecule has 1 atom stereocenters. The Hall–Kier alpha value is -2.30. The zero-order chi connectivity index (χ0) is 22.0. The molecule has 5 heteroatoms. The smallest absolute Gasteiger partial charge is 0.255 e. The summed E-state index contributed by atoms with van der Waals surface area (Å²) < 4.78 is 5.48. The zero-order valence-electron chi connectivity index (χ0n) is 18.3. The van der Waals surface area contributed by atoms with Gasteiger partial charge in [-0.1, -0.05) is 30.7 Å². The molecule has 1 aliphatic carbocycles. The highest BCUT2D eigenvalue weighted by Crippen LogP contribution is 2.46. The van der Waals surface area contributed by atoms with Crippen molar-refractivity contribution < 1.29 is 4.74 Å². The van der Waals surface area contributed by atoms with Crippen LogP contribution >= 0.6 is 11.6 Å². The van der Waals surface area contributed by atoms with Gasteiger partial charge < -0.3 is 15.5 Å². The maximum Gasteiger partial charge on any atom is 0.255 e. The van der Waals surface area contributed by atoms with Crippen LogP contribution in [0.25, 0.3) is 10.8 Å². The van der Waals surface area contributed by atoms with Gasteiger partial charge in [0.15, 0.2) is 0 Å². The third kappa shape index (κ3) is 4.24. The van der Waals surface area contributed by atoms with Crippen molar-refractivity contribution >= 4 is 22.4 Å². The molecule has 0 saturated heterocycles. The van der Waals surface area contributed by atoms with E-state index in [0.717, 1.165) is 55.2 Å². The van der Waals surface area contributed by atoms with Crippen molar-refractivity contribution in [1.29, 1.82) is 0 Å². The summed E-state index contributed by atoms with van der Waals surface area (Å²) in [6.45, 7) is 2.18. The number of hydrogen-bond donors (Lipinski definition) is 2. The van der Waals surface area contributed by atoms with E-state index >= 15 is 0 Å². The molecule has 4 nitrogen and oxygen atoms in total. The Morgan fingerprint density at radius 3 is 2.71 bits per heavy atom. The van der Waals surface area contributed by atoms with Crippen LogP contribution in [0.5, 0.6) is 5.75 Å². The first-order valence-electron chi connectivity index (χ1n) is 11.2. The number of benzene rings is 2. The zero-order valence-corrected chi connectivity index (χ0v) is 19.0. The van der Waals surface area contributed by atoms with E-state index in [-0.39, 0.29) is 17.0 Å². The number of halogens is 1. The third-order valence-electron chi connectivity index (χ3n) is 7.24. The molecule has 0 spiro atoms. The number of methoxy groups -OCH3 is 1. The lowest BCUT2D eigenvalue weighted by Gasteiger charge is -2.45. The molecule has 1 aliphatic rings. The first-order valence-corrected chi connectivity index (χ1v) is 11.5. The molecule has 1 saturated carbocycles. The molecule has 1 aromatic heterocycles. The number of pyridine rings is 1. The van der Waals surface area contributed by atoms with Crippen LogP contribution in [0, 0.1) is 5.92 Å². The van der Waals surface area contributed by atoms with Gasteiger partial charge in [-0.15, -0.1) is 0 Å². The largest absolute Gasteiger partial charge is 0.497 e. The predicted molar refractivity (Wildman–Crippen MR) is 128 cm³/mol. The Kier molecular flexibility index (Phi) is 6.40. The molecule has 0 aliphatic heterocycles. The average Bonchev–Trinajstić information content (AvgIpc) is 2.80. The first kappa shape index (κ1) is 21.9. The lowest BCUT2D eigenvalue weighted by Crippen LogP contribution is -2.47. The summed E-state index contributed by atoms with van der Waals surface area (Å²) in [4.78, 5) is 14.8. The van der Waals surface area contributed by atoms with Crippen LogP contribution < -0.4 is 16.0 Å². The lowest BCUT2D eigenvalue weighted by atomic mass is 9.61. The van der Waals surface area contributed by atoms with Crippen molar-refractivity contribution in [3.05, 3.63) is 75.2 Å². The molecular weight excluding hydrogens is 408 g/mol. The van der Waals surface area contributed by atoms with Crippen molar-refractivity contribution in [2.75, 3.05) is 7.11 Å². The van der Waals surface area contributed by atoms with Crippen molar-refractivity contribution in [3.8, 4) is 5.75 Å². The fourth-order valence-electron chi connectivity index (χ4n) is 5.32. The second-order valence-corrected chi connectivity index (χ2v) is 9.30. The van der Waals surface area contributed by atoms with E-state index in [9.17, 15) is 4.79 Å². The van der Waals surface area contributed by atoms with Gasteiger partial charge in [0.25, 0.3) is 5.56 Å². The number of nitrogens with two attached hydrogens (primary N) is 1. The summed E-state index contributed by atoms with van der Waals surface area (Å²) in [7, 11) is 1.71. The summed E-state index contributed by atoms with van der Waals surface area (Å²) in [6.07, 6.45) is 7.90. The summed E-state index contributed by atoms with van der Waals surface area (Å²) in [5, 5.41) is 2.27. The molecule has 4 rings (SSSR count). The number of aromatic nitrogens is 1. The minimum atomic E-state index is -0.0970. The average molecular weight is 439 g/mol. The van der Waals surface area contributed by atoms with Gasteiger partial charge in [0.05, 0.1) is 7.11 Å². The number of fused-ring (bicyclic) bond motifs is 1. The van der Waals surface area contributed by atoms with Crippen LogP contribution in [-0.4, -0.2) is 18.1 Å². The fraction of sp³-hybridized carbons (Fsp3) is 0.423. The Labute approximate surface area is 188 Å². The SMILES string of the molecule is CCC(N)C1(c2cccc(OC)c2)CCC(Cc2cc3cc[nH]c(=O)c3cc2Cl)CC1. The lowest BCUT2D eigenvalue weighted by molar-refractivity contribution is 0.191. The van der Waals surface area contributed by atoms with Crippen molar-refractivity contribution in [2.24, 2.45) is 11.7 Å². The third-order valence-corrected chi connectivity index (χ3v) is 7.59. The Bertz CT molecular complexity index is 1120. The maximum atomic E-state index is 12.0. The highest BCUT2D eigenvalue weighted by Gasteiger charge is 2.41. The van der Waals surface area contributed by atoms with Gasteiger partial charge in [-0.2, -0.15) is 0 Å². The maximum absolute atomic E-state index is 12.0. The number of H-pyrrole nitrogens is 1. The molecule has 3 N–H and O–H groups in total. The van der Waals surface area contributed by atoms with Gasteiger partial charge in [-0.3, -0.25) is 4.79 Å². The van der Waals surface area contributed by atoms with Crippen LogP contribution in [-0.2, 0) is 11.8 Å². The predicted octanol–water partition coefficient (Wildman–Crippen LogP) is 5.60. The van der Waals surface area contributed by atoms with Crippen LogP contribution in [0.15, 0.2) is 53.5 Å². The van der Waals surface area contributed by atoms with Gasteiger partial charge in [0.2, 0.25) is 0 Å². The summed E-state index contributed by atoms with van der Waals surface area (Å²) in [5.41, 5.74) is 9.02. The summed E-state index contributed by atoms with van der Waals surface area (Å²) in [6, 6.07) is 14.4. The number of ether oxygens (including phenoxy) is 1. The minimum Gasteiger partial charge on any atom is -0.497 e. The normalized spacial score (nSPS) is 22.4. The molecule has 31 heavy (non-hydrogen) atoms. The Balaban J connectivity index is 1.56. The van der Waals surface area contributed by atoms with E-state index in [1.54, 1.807) is 19.4 Å². The van der Waals surface area contributed by atoms with Gasteiger partial charge in [0.1, 0.15) is 5.75 Å². The second kappa shape index (κ2) is 9.05. The van der Waals surface area contributed by atoms with E-state index in [1.807, 2.05) is 12.1 Å². The second-order valence-electron chi connectivity index (χ2n) is 8.89. The molecule has 1 fully saturated rings. The number of nitrogens with one attached hydrogen (secondary N) is 1. The summed E-state index contributed by atoms with van der Waals surface area (Å²) in [5.74, 6) is 1.44. The number of aromatic amines is 1. The van der Waals surface area contributed by atoms with E-state index in [4.69, 9.17) is 22.1 Å². The Morgan fingerprint density at radius 1 is 1.23 bits per heavy atom. The highest BCUT2D eigenvalue weighted by atomic mass is 35.5. The van der Waals surface area contributed by atoms with Crippen LogP contribution in [0.4, 0.5) is 0 Å². The molecular formula is C26H31ClN2O2. The standard InChI is InChI=1S/C26H31ClN2O2/c1-3-24(28)26(20-5-4-6-21(15-20)31-2)10-7-17(8-11-26)13-19-14-18-9-12-29-25(30)22(18)16-23(19)27/h4-6,9,12,14-17,24H,3,7-8,10-11,13,28H2,1-2H3,(H,29,30). The summed E-state index contributed by atoms with van der Waals surface area (Å²) >= 11 is 6.57. The molecule has 0 amide bonds. The van der Waals surface area contributed by atoms with Crippen LogP contribution in [0.1, 0.15) is 50.2 Å². The minimum absolute atomic E-state index is 0.0136. The Morgan fingerprint density at radius 2 is 2.00 bits per heavy atom. The molecule has 1 heterocycles. The van der Waals surface area contributed by atoms with Crippen molar-refractivity contribution in [1.82, 2.24) is 4.98 Å². The molecule has 0 bridgehead atoms. The van der Waals surface area contributed by atoms with Gasteiger partial charge in [0, 0.05) is 28.1 Å². The molecule has 3 aromatic rings. The first-order chi connectivity index (χ1) is 15.0. The van der Waals surface area contributed by atoms with E-state index in [1.165, 1.54) is 5.56 Å². The monoisotopic (exact) mass is 438 g/mol. The molecule has 2 aromatic carbocycles. The topological polar surface area (TPSA) is 68.1 Å². The van der Waals surface area contributed by atoms with Crippen molar-refractivity contribution in [2.45, 2.75) is 56.9 Å².